The number of esters is 1. The van der Waals surface area contributed by atoms with Gasteiger partial charge in [-0.2, -0.15) is 0 Å². The highest BCUT2D eigenvalue weighted by atomic mass is 35.5. The molecule has 9 heteroatoms. The molecule has 3 aromatic rings. The highest BCUT2D eigenvalue weighted by molar-refractivity contribution is 7.98. The van der Waals surface area contributed by atoms with E-state index in [9.17, 15) is 4.79 Å². The van der Waals surface area contributed by atoms with Gasteiger partial charge < -0.3 is 4.74 Å². The topological polar surface area (TPSA) is 65.0 Å². The summed E-state index contributed by atoms with van der Waals surface area (Å²) in [7, 11) is 1.38. The Kier molecular flexibility index (Phi) is 5.50. The molecule has 0 amide bonds. The van der Waals surface area contributed by atoms with Crippen LogP contribution < -0.4 is 0 Å². The lowest BCUT2D eigenvalue weighted by atomic mass is 10.2. The molecule has 0 radical (unpaired) electrons. The molecule has 5 nitrogen and oxygen atoms in total. The Balaban J connectivity index is 2.02. The summed E-state index contributed by atoms with van der Waals surface area (Å²) in [4.78, 5) is 26.7. The molecule has 0 atom stereocenters. The van der Waals surface area contributed by atoms with Crippen molar-refractivity contribution in [3.63, 3.8) is 0 Å². The molecule has 124 valence electrons. The average molecular weight is 398 g/mol. The summed E-state index contributed by atoms with van der Waals surface area (Å²) in [5.74, 6) is -0.303. The fraction of sp³-hybridized carbons (Fsp3) is 0.200. The number of thiophene rings is 1. The predicted octanol–water partition coefficient (Wildman–Crippen LogP) is 4.42. The molecule has 3 rings (SSSR count). The Morgan fingerprint density at radius 2 is 2.04 bits per heavy atom. The number of hydrogen-bond acceptors (Lipinski definition) is 8. The van der Waals surface area contributed by atoms with Crippen LogP contribution in [0.25, 0.3) is 21.1 Å². The smallest absolute Gasteiger partial charge is 0.310 e. The number of thiazole rings is 1. The van der Waals surface area contributed by atoms with Crippen LogP contribution in [0, 0.1) is 0 Å². The molecule has 0 aliphatic carbocycles. The first kappa shape index (κ1) is 17.3. The number of ether oxygens (including phenoxy) is 1. The summed E-state index contributed by atoms with van der Waals surface area (Å²) in [5.41, 5.74) is 1.57. The Morgan fingerprint density at radius 1 is 1.29 bits per heavy atom. The number of hydrogen-bond donors (Lipinski definition) is 0. The van der Waals surface area contributed by atoms with Crippen molar-refractivity contribution >= 4 is 52.0 Å². The van der Waals surface area contributed by atoms with Gasteiger partial charge in [-0.15, -0.1) is 22.7 Å². The van der Waals surface area contributed by atoms with E-state index in [1.807, 2.05) is 18.4 Å². The number of thioether (sulfide) groups is 1. The maximum absolute atomic E-state index is 11.7. The summed E-state index contributed by atoms with van der Waals surface area (Å²) >= 11 is 10.4. The van der Waals surface area contributed by atoms with E-state index in [0.29, 0.717) is 9.49 Å². The van der Waals surface area contributed by atoms with E-state index in [1.165, 1.54) is 41.5 Å². The summed E-state index contributed by atoms with van der Waals surface area (Å²) in [5, 5.41) is 1.47. The second kappa shape index (κ2) is 7.60. The van der Waals surface area contributed by atoms with Gasteiger partial charge in [-0.3, -0.25) is 4.79 Å². The van der Waals surface area contributed by atoms with Crippen LogP contribution in [-0.4, -0.2) is 34.3 Å². The SMILES string of the molecule is COC(=O)Cc1sc(-c2cnc(SC)nc2)nc1-c1ccc(Cl)s1. The van der Waals surface area contributed by atoms with Crippen LogP contribution >= 0.6 is 46.0 Å². The van der Waals surface area contributed by atoms with Crippen molar-refractivity contribution < 1.29 is 9.53 Å². The summed E-state index contributed by atoms with van der Waals surface area (Å²) < 4.78 is 5.46. The van der Waals surface area contributed by atoms with Crippen LogP contribution in [0.15, 0.2) is 29.7 Å². The first-order valence-electron chi connectivity index (χ1n) is 6.79. The largest absolute Gasteiger partial charge is 0.469 e. The lowest BCUT2D eigenvalue weighted by molar-refractivity contribution is -0.139. The minimum atomic E-state index is -0.303. The van der Waals surface area contributed by atoms with Gasteiger partial charge in [0.15, 0.2) is 5.16 Å². The third kappa shape index (κ3) is 3.77. The van der Waals surface area contributed by atoms with Gasteiger partial charge in [-0.25, -0.2) is 15.0 Å². The van der Waals surface area contributed by atoms with Gasteiger partial charge in [0.1, 0.15) is 5.01 Å². The van der Waals surface area contributed by atoms with Crippen LogP contribution in [-0.2, 0) is 16.0 Å². The normalized spacial score (nSPS) is 10.8. The molecule has 3 heterocycles. The molecule has 0 saturated carbocycles. The summed E-state index contributed by atoms with van der Waals surface area (Å²) in [6, 6.07) is 3.72. The molecule has 0 aromatic carbocycles. The van der Waals surface area contributed by atoms with Crippen molar-refractivity contribution in [1.29, 1.82) is 0 Å². The number of nitrogens with zero attached hydrogens (tertiary/aromatic N) is 3. The number of halogens is 1. The maximum Gasteiger partial charge on any atom is 0.310 e. The van der Waals surface area contributed by atoms with Crippen LogP contribution in [0.5, 0.6) is 0 Å². The van der Waals surface area contributed by atoms with Crippen LogP contribution in [0.1, 0.15) is 4.88 Å². The van der Waals surface area contributed by atoms with Crippen LogP contribution in [0.2, 0.25) is 4.34 Å². The number of carbonyl (C=O) groups excluding carboxylic acids is 1. The van der Waals surface area contributed by atoms with Crippen molar-refractivity contribution in [2.45, 2.75) is 11.6 Å². The van der Waals surface area contributed by atoms with Gasteiger partial charge >= 0.3 is 5.97 Å². The number of carbonyl (C=O) groups is 1. The van der Waals surface area contributed by atoms with Gasteiger partial charge in [0.05, 0.1) is 28.4 Å². The molecule has 0 aliphatic heterocycles. The van der Waals surface area contributed by atoms with E-state index >= 15 is 0 Å². The van der Waals surface area contributed by atoms with E-state index in [-0.39, 0.29) is 12.4 Å². The molecule has 0 unspecified atom stereocenters. The second-order valence-electron chi connectivity index (χ2n) is 4.61. The lowest BCUT2D eigenvalue weighted by Gasteiger charge is -1.98. The molecular weight excluding hydrogens is 386 g/mol. The zero-order chi connectivity index (χ0) is 17.1. The van der Waals surface area contributed by atoms with Gasteiger partial charge in [0, 0.05) is 22.8 Å². The van der Waals surface area contributed by atoms with Crippen molar-refractivity contribution in [2.75, 3.05) is 13.4 Å². The van der Waals surface area contributed by atoms with E-state index in [2.05, 4.69) is 15.0 Å². The van der Waals surface area contributed by atoms with Crippen molar-refractivity contribution in [1.82, 2.24) is 15.0 Å². The number of rotatable bonds is 5. The zero-order valence-corrected chi connectivity index (χ0v) is 16.0. The molecule has 0 bridgehead atoms. The highest BCUT2D eigenvalue weighted by Gasteiger charge is 2.19. The third-order valence-electron chi connectivity index (χ3n) is 3.09. The van der Waals surface area contributed by atoms with E-state index in [0.717, 1.165) is 26.0 Å². The van der Waals surface area contributed by atoms with Crippen LogP contribution in [0.3, 0.4) is 0 Å². The Labute approximate surface area is 156 Å². The first-order chi connectivity index (χ1) is 11.6. The average Bonchev–Trinajstić information content (AvgIpc) is 3.21. The maximum atomic E-state index is 11.7. The van der Waals surface area contributed by atoms with E-state index in [1.54, 1.807) is 12.4 Å². The monoisotopic (exact) mass is 397 g/mol. The van der Waals surface area contributed by atoms with Gasteiger partial charge in [-0.1, -0.05) is 23.4 Å². The fourth-order valence-corrected chi connectivity index (χ4v) is 4.44. The van der Waals surface area contributed by atoms with E-state index < -0.39 is 0 Å². The zero-order valence-electron chi connectivity index (χ0n) is 12.8. The Bertz CT molecular complexity index is 861. The third-order valence-corrected chi connectivity index (χ3v) is 6.01. The number of aromatic nitrogens is 3. The predicted molar refractivity (Wildman–Crippen MR) is 99.0 cm³/mol. The Hall–Kier alpha value is -1.48. The standard InChI is InChI=1S/C15H12ClN3O2S3/c1-21-12(20)5-10-13(9-3-4-11(16)23-9)19-14(24-10)8-6-17-15(22-2)18-7-8/h3-4,6-7H,5H2,1-2H3. The minimum absolute atomic E-state index is 0.169. The second-order valence-corrected chi connectivity index (χ2v) is 8.18. The van der Waals surface area contributed by atoms with E-state index in [4.69, 9.17) is 16.3 Å². The first-order valence-corrected chi connectivity index (χ1v) is 10.0. The van der Waals surface area contributed by atoms with Gasteiger partial charge in [0.2, 0.25) is 0 Å². The molecular formula is C15H12ClN3O2S3. The van der Waals surface area contributed by atoms with Crippen molar-refractivity contribution in [3.05, 3.63) is 33.7 Å². The molecule has 3 aromatic heterocycles. The van der Waals surface area contributed by atoms with Gasteiger partial charge in [0.25, 0.3) is 0 Å². The molecule has 0 spiro atoms. The summed E-state index contributed by atoms with van der Waals surface area (Å²) in [6.45, 7) is 0. The summed E-state index contributed by atoms with van der Waals surface area (Å²) in [6.07, 6.45) is 5.57. The van der Waals surface area contributed by atoms with Crippen molar-refractivity contribution in [3.8, 4) is 21.1 Å². The molecule has 0 fully saturated rings. The molecule has 24 heavy (non-hydrogen) atoms. The Morgan fingerprint density at radius 3 is 2.62 bits per heavy atom. The van der Waals surface area contributed by atoms with Gasteiger partial charge in [-0.05, 0) is 18.4 Å². The van der Waals surface area contributed by atoms with Crippen LogP contribution in [0.4, 0.5) is 0 Å². The quantitative estimate of drug-likeness (QED) is 0.360. The minimum Gasteiger partial charge on any atom is -0.469 e. The van der Waals surface area contributed by atoms with Crippen molar-refractivity contribution in [2.24, 2.45) is 0 Å². The molecule has 0 N–H and O–H groups in total. The number of methoxy groups -OCH3 is 1. The lowest BCUT2D eigenvalue weighted by Crippen LogP contribution is -2.03. The highest BCUT2D eigenvalue weighted by Crippen LogP contribution is 2.38. The molecule has 0 aliphatic rings. The fourth-order valence-electron chi connectivity index (χ4n) is 1.96. The molecule has 0 saturated heterocycles.